The Kier molecular flexibility index (Phi) is 6.15. The molecule has 0 spiro atoms. The molecule has 1 aromatic carbocycles. The van der Waals surface area contributed by atoms with Crippen molar-refractivity contribution in [2.45, 2.75) is 32.3 Å². The summed E-state index contributed by atoms with van der Waals surface area (Å²) in [4.78, 5) is 11.5. The Bertz CT molecular complexity index is 384. The van der Waals surface area contributed by atoms with E-state index < -0.39 is 12.1 Å². The molecule has 0 bridgehead atoms. The minimum absolute atomic E-state index is 0.203. The van der Waals surface area contributed by atoms with Gasteiger partial charge in [0, 0.05) is 6.42 Å². The average Bonchev–Trinajstić information content (AvgIpc) is 2.39. The summed E-state index contributed by atoms with van der Waals surface area (Å²) in [5, 5.41) is 9.71. The van der Waals surface area contributed by atoms with E-state index in [-0.39, 0.29) is 6.42 Å². The molecule has 1 aromatic rings. The third-order valence-corrected chi connectivity index (χ3v) is 2.64. The molecule has 0 aromatic heterocycles. The highest BCUT2D eigenvalue weighted by molar-refractivity contribution is 5.78. The van der Waals surface area contributed by atoms with Gasteiger partial charge in [-0.15, -0.1) is 0 Å². The van der Waals surface area contributed by atoms with Crippen LogP contribution in [0.4, 0.5) is 0 Å². The van der Waals surface area contributed by atoms with Crippen LogP contribution in [-0.4, -0.2) is 23.8 Å². The summed E-state index contributed by atoms with van der Waals surface area (Å²) in [7, 11) is 0. The molecule has 0 saturated heterocycles. The largest absolute Gasteiger partial charge is 0.464 e. The maximum atomic E-state index is 11.5. The lowest BCUT2D eigenvalue weighted by Gasteiger charge is -2.12. The molecule has 98 valence electrons. The molecule has 0 aliphatic carbocycles. The van der Waals surface area contributed by atoms with Gasteiger partial charge in [0.2, 0.25) is 0 Å². The third kappa shape index (κ3) is 4.72. The van der Waals surface area contributed by atoms with E-state index in [1.807, 2.05) is 37.3 Å². The molecule has 1 N–H and O–H groups in total. The molecule has 3 heteroatoms. The zero-order valence-corrected chi connectivity index (χ0v) is 10.8. The number of carbonyl (C=O) groups is 1. The number of hydrogen-bond acceptors (Lipinski definition) is 3. The summed E-state index contributed by atoms with van der Waals surface area (Å²) < 4.78 is 4.95. The number of benzene rings is 1. The van der Waals surface area contributed by atoms with Crippen molar-refractivity contribution < 1.29 is 14.6 Å². The number of hydrogen-bond donors (Lipinski definition) is 1. The van der Waals surface area contributed by atoms with Crippen molar-refractivity contribution >= 4 is 11.5 Å². The van der Waals surface area contributed by atoms with Gasteiger partial charge in [0.1, 0.15) is 0 Å². The number of aliphatic hydroxyl groups excluding tert-OH is 1. The van der Waals surface area contributed by atoms with Crippen LogP contribution < -0.4 is 0 Å². The highest BCUT2D eigenvalue weighted by Gasteiger charge is 2.17. The zero-order valence-electron chi connectivity index (χ0n) is 10.8. The fraction of sp³-hybridized carbons (Fsp3) is 0.400. The molecule has 3 nitrogen and oxygen atoms in total. The van der Waals surface area contributed by atoms with Crippen LogP contribution in [0.1, 0.15) is 31.7 Å². The molecule has 0 aliphatic heterocycles. The summed E-state index contributed by atoms with van der Waals surface area (Å²) in [6, 6.07) is 9.50. The fourth-order valence-corrected chi connectivity index (χ4v) is 1.52. The number of ether oxygens (including phenoxy) is 1. The van der Waals surface area contributed by atoms with Gasteiger partial charge in [0.05, 0.1) is 6.61 Å². The first kappa shape index (κ1) is 14.5. The van der Waals surface area contributed by atoms with E-state index in [9.17, 15) is 9.90 Å². The van der Waals surface area contributed by atoms with Crippen molar-refractivity contribution in [3.8, 4) is 0 Å². The number of unbranched alkanes of at least 4 members (excludes halogenated alkanes) is 1. The predicted molar refractivity (Wildman–Crippen MR) is 72.0 cm³/mol. The average molecular weight is 248 g/mol. The summed E-state index contributed by atoms with van der Waals surface area (Å²) in [6.45, 7) is 6.26. The van der Waals surface area contributed by atoms with Gasteiger partial charge in [-0.1, -0.05) is 50.3 Å². The molecule has 0 heterocycles. The molecule has 1 atom stereocenters. The Hall–Kier alpha value is -1.61. The van der Waals surface area contributed by atoms with Gasteiger partial charge < -0.3 is 9.84 Å². The second kappa shape index (κ2) is 7.67. The minimum atomic E-state index is -1.13. The lowest BCUT2D eigenvalue weighted by molar-refractivity contribution is -0.153. The molecule has 0 amide bonds. The Balaban J connectivity index is 2.42. The Morgan fingerprint density at radius 3 is 2.67 bits per heavy atom. The standard InChI is InChI=1S/C15H20O3/c1-3-4-10-18-15(17)14(16)11-12(2)13-8-6-5-7-9-13/h5-9,14,16H,2-4,10-11H2,1H3/t14-/m1/s1. The van der Waals surface area contributed by atoms with Crippen LogP contribution in [-0.2, 0) is 9.53 Å². The maximum Gasteiger partial charge on any atom is 0.335 e. The van der Waals surface area contributed by atoms with E-state index in [1.165, 1.54) is 0 Å². The lowest BCUT2D eigenvalue weighted by atomic mass is 10.0. The number of esters is 1. The Morgan fingerprint density at radius 2 is 2.06 bits per heavy atom. The SMILES string of the molecule is C=C(C[C@@H](O)C(=O)OCCCC)c1ccccc1. The molecule has 0 aliphatic rings. The van der Waals surface area contributed by atoms with Crippen molar-refractivity contribution in [2.24, 2.45) is 0 Å². The van der Waals surface area contributed by atoms with Crippen LogP contribution in [0, 0.1) is 0 Å². The van der Waals surface area contributed by atoms with Gasteiger partial charge in [-0.2, -0.15) is 0 Å². The molecular weight excluding hydrogens is 228 g/mol. The topological polar surface area (TPSA) is 46.5 Å². The highest BCUT2D eigenvalue weighted by atomic mass is 16.5. The van der Waals surface area contributed by atoms with Crippen LogP contribution in [0.3, 0.4) is 0 Å². The van der Waals surface area contributed by atoms with Gasteiger partial charge in [0.25, 0.3) is 0 Å². The third-order valence-electron chi connectivity index (χ3n) is 2.64. The molecule has 18 heavy (non-hydrogen) atoms. The molecule has 0 unspecified atom stereocenters. The Labute approximate surface area is 108 Å². The van der Waals surface area contributed by atoms with E-state index in [0.717, 1.165) is 24.0 Å². The van der Waals surface area contributed by atoms with Crippen molar-refractivity contribution in [2.75, 3.05) is 6.61 Å². The second-order valence-corrected chi connectivity index (χ2v) is 4.21. The number of rotatable bonds is 7. The van der Waals surface area contributed by atoms with Gasteiger partial charge in [0.15, 0.2) is 6.10 Å². The quantitative estimate of drug-likeness (QED) is 0.596. The van der Waals surface area contributed by atoms with Gasteiger partial charge in [-0.3, -0.25) is 0 Å². The van der Waals surface area contributed by atoms with Gasteiger partial charge in [-0.05, 0) is 17.6 Å². The van der Waals surface area contributed by atoms with Crippen molar-refractivity contribution in [1.82, 2.24) is 0 Å². The van der Waals surface area contributed by atoms with Crippen LogP contribution >= 0.6 is 0 Å². The Morgan fingerprint density at radius 1 is 1.39 bits per heavy atom. The molecule has 1 rings (SSSR count). The van der Waals surface area contributed by atoms with E-state index in [2.05, 4.69) is 6.58 Å². The number of carbonyl (C=O) groups excluding carboxylic acids is 1. The summed E-state index contributed by atoms with van der Waals surface area (Å²) in [6.07, 6.45) is 0.849. The zero-order chi connectivity index (χ0) is 13.4. The van der Waals surface area contributed by atoms with Crippen LogP contribution in [0.5, 0.6) is 0 Å². The summed E-state index contributed by atoms with van der Waals surface area (Å²) >= 11 is 0. The lowest BCUT2D eigenvalue weighted by Crippen LogP contribution is -2.23. The van der Waals surface area contributed by atoms with Crippen molar-refractivity contribution in [3.63, 3.8) is 0 Å². The van der Waals surface area contributed by atoms with Gasteiger partial charge in [-0.25, -0.2) is 4.79 Å². The summed E-state index contributed by atoms with van der Waals surface area (Å²) in [5.41, 5.74) is 1.66. The molecule has 0 saturated carbocycles. The predicted octanol–water partition coefficient (Wildman–Crippen LogP) is 2.79. The first-order chi connectivity index (χ1) is 8.65. The monoisotopic (exact) mass is 248 g/mol. The van der Waals surface area contributed by atoms with Crippen molar-refractivity contribution in [3.05, 3.63) is 42.5 Å². The van der Waals surface area contributed by atoms with Crippen LogP contribution in [0.15, 0.2) is 36.9 Å². The fourth-order valence-electron chi connectivity index (χ4n) is 1.52. The van der Waals surface area contributed by atoms with E-state index >= 15 is 0 Å². The first-order valence-corrected chi connectivity index (χ1v) is 6.23. The highest BCUT2D eigenvalue weighted by Crippen LogP contribution is 2.17. The van der Waals surface area contributed by atoms with E-state index in [4.69, 9.17) is 4.74 Å². The molecule has 0 radical (unpaired) electrons. The molecular formula is C15H20O3. The van der Waals surface area contributed by atoms with Gasteiger partial charge >= 0.3 is 5.97 Å². The molecule has 0 fully saturated rings. The minimum Gasteiger partial charge on any atom is -0.464 e. The number of aliphatic hydroxyl groups is 1. The van der Waals surface area contributed by atoms with E-state index in [1.54, 1.807) is 0 Å². The van der Waals surface area contributed by atoms with Crippen LogP contribution in [0.2, 0.25) is 0 Å². The van der Waals surface area contributed by atoms with Crippen molar-refractivity contribution in [1.29, 1.82) is 0 Å². The smallest absolute Gasteiger partial charge is 0.335 e. The maximum absolute atomic E-state index is 11.5. The second-order valence-electron chi connectivity index (χ2n) is 4.21. The summed E-state index contributed by atoms with van der Waals surface area (Å²) in [5.74, 6) is -0.569. The first-order valence-electron chi connectivity index (χ1n) is 6.23. The van der Waals surface area contributed by atoms with E-state index in [0.29, 0.717) is 6.61 Å². The normalized spacial score (nSPS) is 11.9. The van der Waals surface area contributed by atoms with Crippen LogP contribution in [0.25, 0.3) is 5.57 Å².